The monoisotopic (exact) mass is 411 g/mol. The molecular weight excluding hydrogens is 378 g/mol. The van der Waals surface area contributed by atoms with Gasteiger partial charge in [-0.15, -0.1) is 11.8 Å². The summed E-state index contributed by atoms with van der Waals surface area (Å²) in [7, 11) is 0. The molecule has 1 aliphatic heterocycles. The fraction of sp³-hybridized carbons (Fsp3) is 0.480. The van der Waals surface area contributed by atoms with E-state index in [1.165, 1.54) is 0 Å². The van der Waals surface area contributed by atoms with E-state index in [0.717, 1.165) is 11.1 Å². The number of aromatic hydroxyl groups is 1. The van der Waals surface area contributed by atoms with Crippen LogP contribution in [0.25, 0.3) is 0 Å². The van der Waals surface area contributed by atoms with Gasteiger partial charge < -0.3 is 10.0 Å². The molecule has 29 heavy (non-hydrogen) atoms. The van der Waals surface area contributed by atoms with Crippen molar-refractivity contribution in [3.05, 3.63) is 65.7 Å². The Hall–Kier alpha value is -1.94. The van der Waals surface area contributed by atoms with Crippen LogP contribution in [0.15, 0.2) is 54.6 Å². The topological polar surface area (TPSA) is 40.5 Å². The van der Waals surface area contributed by atoms with Gasteiger partial charge in [0, 0.05) is 6.54 Å². The number of phenols is 1. The first-order valence-electron chi connectivity index (χ1n) is 10.2. The Balaban J connectivity index is 2.21. The summed E-state index contributed by atoms with van der Waals surface area (Å²) in [5.41, 5.74) is 1.63. The van der Waals surface area contributed by atoms with Gasteiger partial charge in [0.2, 0.25) is 5.91 Å². The van der Waals surface area contributed by atoms with E-state index in [-0.39, 0.29) is 22.5 Å². The predicted molar refractivity (Wildman–Crippen MR) is 122 cm³/mol. The predicted octanol–water partition coefficient (Wildman–Crippen LogP) is 6.17. The fourth-order valence-electron chi connectivity index (χ4n) is 4.11. The Bertz CT molecular complexity index is 880. The van der Waals surface area contributed by atoms with E-state index in [1.807, 2.05) is 30.3 Å². The average Bonchev–Trinajstić information content (AvgIpc) is 2.86. The molecule has 3 rings (SSSR count). The van der Waals surface area contributed by atoms with Gasteiger partial charge in [0.1, 0.15) is 10.5 Å². The Morgan fingerprint density at radius 1 is 0.897 bits per heavy atom. The van der Waals surface area contributed by atoms with Crippen LogP contribution in [-0.4, -0.2) is 20.8 Å². The quantitative estimate of drug-likeness (QED) is 0.656. The molecule has 1 aliphatic rings. The first kappa shape index (κ1) is 21.8. The first-order chi connectivity index (χ1) is 13.3. The van der Waals surface area contributed by atoms with E-state index in [4.69, 9.17) is 0 Å². The molecule has 0 spiro atoms. The second-order valence-electron chi connectivity index (χ2n) is 10.2. The minimum Gasteiger partial charge on any atom is -0.508 e. The Morgan fingerprint density at radius 3 is 1.93 bits per heavy atom. The van der Waals surface area contributed by atoms with Crippen LogP contribution >= 0.6 is 11.8 Å². The molecule has 0 aliphatic carbocycles. The van der Waals surface area contributed by atoms with Gasteiger partial charge in [0.05, 0.1) is 4.87 Å². The summed E-state index contributed by atoms with van der Waals surface area (Å²) in [5.74, 6) is 0.356. The number of rotatable bonds is 3. The highest BCUT2D eigenvalue weighted by Crippen LogP contribution is 2.65. The molecule has 0 aromatic heterocycles. The van der Waals surface area contributed by atoms with Crippen LogP contribution in [0.1, 0.15) is 59.6 Å². The van der Waals surface area contributed by atoms with Gasteiger partial charge in [-0.25, -0.2) is 0 Å². The van der Waals surface area contributed by atoms with Crippen molar-refractivity contribution in [2.75, 3.05) is 0 Å². The molecule has 2 aromatic rings. The number of hydrogen-bond donors (Lipinski definition) is 1. The molecule has 1 N–H and O–H groups in total. The second-order valence-corrected chi connectivity index (χ2v) is 11.8. The summed E-state index contributed by atoms with van der Waals surface area (Å²) >= 11 is 1.76. The van der Waals surface area contributed by atoms with Crippen LogP contribution in [0.2, 0.25) is 0 Å². The van der Waals surface area contributed by atoms with Gasteiger partial charge >= 0.3 is 0 Å². The van der Waals surface area contributed by atoms with Gasteiger partial charge in [0.25, 0.3) is 0 Å². The maximum absolute atomic E-state index is 14.3. The van der Waals surface area contributed by atoms with Crippen LogP contribution < -0.4 is 0 Å². The molecule has 1 heterocycles. The SMILES string of the molecule is CC(C)(C)C1(c2ccc(O)cc2)SC(C)(C(C)(C)C)N(Cc2ccccc2)C1=O. The highest BCUT2D eigenvalue weighted by molar-refractivity contribution is 8.02. The minimum atomic E-state index is -0.739. The lowest BCUT2D eigenvalue weighted by Crippen LogP contribution is -2.51. The van der Waals surface area contributed by atoms with Gasteiger partial charge in [-0.2, -0.15) is 0 Å². The Kier molecular flexibility index (Phi) is 5.32. The summed E-state index contributed by atoms with van der Waals surface area (Å²) < 4.78 is -0.739. The van der Waals surface area contributed by atoms with Gasteiger partial charge in [0.15, 0.2) is 0 Å². The van der Waals surface area contributed by atoms with Gasteiger partial charge in [-0.05, 0) is 41.0 Å². The van der Waals surface area contributed by atoms with Crippen molar-refractivity contribution >= 4 is 17.7 Å². The average molecular weight is 412 g/mol. The zero-order valence-electron chi connectivity index (χ0n) is 18.6. The lowest BCUT2D eigenvalue weighted by atomic mass is 9.74. The number of amides is 1. The normalized spacial score (nSPS) is 25.5. The highest BCUT2D eigenvalue weighted by Gasteiger charge is 2.66. The summed E-state index contributed by atoms with van der Waals surface area (Å²) in [6, 6.07) is 17.4. The van der Waals surface area contributed by atoms with E-state index < -0.39 is 9.62 Å². The van der Waals surface area contributed by atoms with Crippen LogP contribution in [0.3, 0.4) is 0 Å². The maximum Gasteiger partial charge on any atom is 0.245 e. The van der Waals surface area contributed by atoms with Crippen molar-refractivity contribution < 1.29 is 9.90 Å². The van der Waals surface area contributed by atoms with Crippen molar-refractivity contribution in [1.82, 2.24) is 4.90 Å². The molecule has 1 fully saturated rings. The lowest BCUT2D eigenvalue weighted by molar-refractivity contribution is -0.140. The molecule has 0 radical (unpaired) electrons. The van der Waals surface area contributed by atoms with Crippen molar-refractivity contribution in [2.45, 2.75) is 64.6 Å². The third-order valence-corrected chi connectivity index (χ3v) is 8.88. The molecule has 2 unspecified atom stereocenters. The summed E-state index contributed by atoms with van der Waals surface area (Å²) in [6.07, 6.45) is 0. The zero-order valence-corrected chi connectivity index (χ0v) is 19.4. The maximum atomic E-state index is 14.3. The summed E-state index contributed by atoms with van der Waals surface area (Å²) in [6.45, 7) is 15.8. The molecule has 4 heteroatoms. The van der Waals surface area contributed by atoms with E-state index in [0.29, 0.717) is 6.54 Å². The van der Waals surface area contributed by atoms with Crippen LogP contribution in [-0.2, 0) is 16.1 Å². The largest absolute Gasteiger partial charge is 0.508 e. The van der Waals surface area contributed by atoms with Gasteiger partial charge in [-0.1, -0.05) is 84.0 Å². The number of carbonyl (C=O) groups excluding carboxylic acids is 1. The smallest absolute Gasteiger partial charge is 0.245 e. The zero-order chi connectivity index (χ0) is 21.7. The minimum absolute atomic E-state index is 0.133. The molecule has 2 aromatic carbocycles. The first-order valence-corrected chi connectivity index (χ1v) is 11.0. The third-order valence-electron chi connectivity index (χ3n) is 6.32. The molecule has 156 valence electrons. The van der Waals surface area contributed by atoms with Crippen molar-refractivity contribution in [3.63, 3.8) is 0 Å². The van der Waals surface area contributed by atoms with Crippen LogP contribution in [0.5, 0.6) is 5.75 Å². The van der Waals surface area contributed by atoms with Crippen LogP contribution in [0, 0.1) is 10.8 Å². The second kappa shape index (κ2) is 7.09. The summed E-state index contributed by atoms with van der Waals surface area (Å²) in [5, 5.41) is 9.83. The number of carbonyl (C=O) groups is 1. The third kappa shape index (κ3) is 3.46. The molecule has 1 saturated heterocycles. The molecule has 3 nitrogen and oxygen atoms in total. The standard InChI is InChI=1S/C25H33NO2S/c1-22(2,3)24(7)26(17-18-11-9-8-10-12-18)21(28)25(29-24,23(4,5)6)19-13-15-20(27)16-14-19/h8-16,27H,17H2,1-7H3. The van der Waals surface area contributed by atoms with E-state index in [2.05, 4.69) is 65.5 Å². The Labute approximate surface area is 179 Å². The molecule has 1 amide bonds. The number of benzene rings is 2. The lowest BCUT2D eigenvalue weighted by Gasteiger charge is -2.45. The van der Waals surface area contributed by atoms with Crippen LogP contribution in [0.4, 0.5) is 0 Å². The van der Waals surface area contributed by atoms with Crippen molar-refractivity contribution in [1.29, 1.82) is 0 Å². The number of thioether (sulfide) groups is 1. The Morgan fingerprint density at radius 2 is 1.45 bits per heavy atom. The molecule has 2 atom stereocenters. The highest BCUT2D eigenvalue weighted by atomic mass is 32.2. The fourth-order valence-corrected chi connectivity index (χ4v) is 6.03. The number of nitrogens with zero attached hydrogens (tertiary/aromatic N) is 1. The molecular formula is C25H33NO2S. The number of phenolic OH excluding ortho intramolecular Hbond substituents is 1. The van der Waals surface area contributed by atoms with E-state index >= 15 is 0 Å². The molecule has 0 saturated carbocycles. The van der Waals surface area contributed by atoms with Gasteiger partial charge in [-0.3, -0.25) is 4.79 Å². The summed E-state index contributed by atoms with van der Waals surface area (Å²) in [4.78, 5) is 15.9. The molecule has 0 bridgehead atoms. The number of hydrogen-bond acceptors (Lipinski definition) is 3. The van der Waals surface area contributed by atoms with Crippen molar-refractivity contribution in [2.24, 2.45) is 10.8 Å². The van der Waals surface area contributed by atoms with E-state index in [9.17, 15) is 9.90 Å². The van der Waals surface area contributed by atoms with Crippen molar-refractivity contribution in [3.8, 4) is 5.75 Å². The van der Waals surface area contributed by atoms with E-state index in [1.54, 1.807) is 23.9 Å².